The van der Waals surface area contributed by atoms with E-state index in [9.17, 15) is 10.1 Å². The van der Waals surface area contributed by atoms with Gasteiger partial charge in [-0.3, -0.25) is 10.1 Å². The van der Waals surface area contributed by atoms with Crippen molar-refractivity contribution in [3.63, 3.8) is 0 Å². The topological polar surface area (TPSA) is 58.4 Å². The number of piperidine rings is 1. The third kappa shape index (κ3) is 3.28. The molecule has 1 N–H and O–H groups in total. The molecule has 1 aliphatic rings. The summed E-state index contributed by atoms with van der Waals surface area (Å²) in [7, 11) is 1.96. The maximum absolute atomic E-state index is 11.0. The van der Waals surface area contributed by atoms with E-state index in [0.717, 1.165) is 37.2 Å². The number of non-ortho nitro benzene ring substituents is 1. The van der Waals surface area contributed by atoms with E-state index < -0.39 is 0 Å². The molecular formula is C15H23N3O2. The summed E-state index contributed by atoms with van der Waals surface area (Å²) in [6.45, 7) is 4.01. The third-order valence-electron chi connectivity index (χ3n) is 4.07. The molecule has 20 heavy (non-hydrogen) atoms. The van der Waals surface area contributed by atoms with Crippen LogP contribution in [0.5, 0.6) is 0 Å². The Morgan fingerprint density at radius 3 is 2.95 bits per heavy atom. The second-order valence-electron chi connectivity index (χ2n) is 5.46. The number of aryl methyl sites for hydroxylation is 1. The van der Waals surface area contributed by atoms with Gasteiger partial charge in [-0.2, -0.15) is 0 Å². The molecule has 0 radical (unpaired) electrons. The van der Waals surface area contributed by atoms with Crippen LogP contribution in [-0.4, -0.2) is 31.1 Å². The summed E-state index contributed by atoms with van der Waals surface area (Å²) >= 11 is 0. The number of nitro benzene ring substituents is 1. The van der Waals surface area contributed by atoms with E-state index in [1.54, 1.807) is 12.1 Å². The van der Waals surface area contributed by atoms with Crippen LogP contribution in [0.25, 0.3) is 0 Å². The Balaban J connectivity index is 2.26. The lowest BCUT2D eigenvalue weighted by molar-refractivity contribution is -0.384. The van der Waals surface area contributed by atoms with Gasteiger partial charge in [0.2, 0.25) is 0 Å². The van der Waals surface area contributed by atoms with Crippen molar-refractivity contribution in [2.75, 3.05) is 25.0 Å². The van der Waals surface area contributed by atoms with Gasteiger partial charge in [0.1, 0.15) is 0 Å². The summed E-state index contributed by atoms with van der Waals surface area (Å²) in [5.74, 6) is 0. The highest BCUT2D eigenvalue weighted by molar-refractivity contribution is 5.59. The molecule has 1 saturated heterocycles. The van der Waals surface area contributed by atoms with E-state index in [1.807, 2.05) is 20.0 Å². The Kier molecular flexibility index (Phi) is 4.95. The van der Waals surface area contributed by atoms with Crippen LogP contribution in [0.4, 0.5) is 11.4 Å². The molecule has 0 aliphatic carbocycles. The van der Waals surface area contributed by atoms with Gasteiger partial charge in [0.15, 0.2) is 0 Å². The fourth-order valence-corrected chi connectivity index (χ4v) is 2.95. The monoisotopic (exact) mass is 277 g/mol. The standard InChI is InChI=1S/C15H23N3O2/c1-12-6-7-14(18(19)20)11-15(12)17-10-4-3-5-13(17)8-9-16-2/h6-7,11,13,16H,3-5,8-10H2,1-2H3. The number of nitro groups is 1. The molecule has 1 aliphatic heterocycles. The van der Waals surface area contributed by atoms with Gasteiger partial charge in [-0.15, -0.1) is 0 Å². The van der Waals surface area contributed by atoms with Crippen molar-refractivity contribution in [1.82, 2.24) is 5.32 Å². The predicted octanol–water partition coefficient (Wildman–Crippen LogP) is 2.87. The minimum Gasteiger partial charge on any atom is -0.368 e. The van der Waals surface area contributed by atoms with Crippen LogP contribution in [0.2, 0.25) is 0 Å². The van der Waals surface area contributed by atoms with Crippen molar-refractivity contribution < 1.29 is 4.92 Å². The fourth-order valence-electron chi connectivity index (χ4n) is 2.95. The molecule has 0 amide bonds. The van der Waals surface area contributed by atoms with Crippen molar-refractivity contribution in [1.29, 1.82) is 0 Å². The van der Waals surface area contributed by atoms with Crippen LogP contribution in [0.3, 0.4) is 0 Å². The largest absolute Gasteiger partial charge is 0.368 e. The molecule has 2 rings (SSSR count). The SMILES string of the molecule is CNCCC1CCCCN1c1cc([N+](=O)[O-])ccc1C. The number of anilines is 1. The van der Waals surface area contributed by atoms with Crippen molar-refractivity contribution >= 4 is 11.4 Å². The minimum absolute atomic E-state index is 0.184. The van der Waals surface area contributed by atoms with Crippen molar-refractivity contribution in [2.45, 2.75) is 38.6 Å². The maximum atomic E-state index is 11.0. The van der Waals surface area contributed by atoms with Gasteiger partial charge < -0.3 is 10.2 Å². The number of rotatable bonds is 5. The highest BCUT2D eigenvalue weighted by Gasteiger charge is 2.24. The van der Waals surface area contributed by atoms with Crippen LogP contribution < -0.4 is 10.2 Å². The van der Waals surface area contributed by atoms with E-state index >= 15 is 0 Å². The zero-order valence-corrected chi connectivity index (χ0v) is 12.3. The highest BCUT2D eigenvalue weighted by atomic mass is 16.6. The van der Waals surface area contributed by atoms with E-state index in [2.05, 4.69) is 10.2 Å². The van der Waals surface area contributed by atoms with Gasteiger partial charge in [0, 0.05) is 30.4 Å². The predicted molar refractivity (Wildman–Crippen MR) is 81.4 cm³/mol. The summed E-state index contributed by atoms with van der Waals surface area (Å²) in [5.41, 5.74) is 2.33. The van der Waals surface area contributed by atoms with E-state index in [0.29, 0.717) is 6.04 Å². The summed E-state index contributed by atoms with van der Waals surface area (Å²) in [6.07, 6.45) is 4.67. The maximum Gasteiger partial charge on any atom is 0.271 e. The summed E-state index contributed by atoms with van der Waals surface area (Å²) in [4.78, 5) is 13.0. The van der Waals surface area contributed by atoms with Gasteiger partial charge in [-0.05, 0) is 51.8 Å². The van der Waals surface area contributed by atoms with E-state index in [-0.39, 0.29) is 10.6 Å². The number of hydrogen-bond donors (Lipinski definition) is 1. The number of benzene rings is 1. The quantitative estimate of drug-likeness (QED) is 0.664. The molecule has 1 aromatic rings. The molecule has 1 heterocycles. The Hall–Kier alpha value is -1.62. The van der Waals surface area contributed by atoms with Gasteiger partial charge in [0.25, 0.3) is 5.69 Å². The molecule has 1 unspecified atom stereocenters. The lowest BCUT2D eigenvalue weighted by Gasteiger charge is -2.38. The Morgan fingerprint density at radius 1 is 1.45 bits per heavy atom. The van der Waals surface area contributed by atoms with Gasteiger partial charge in [-0.25, -0.2) is 0 Å². The molecule has 110 valence electrons. The van der Waals surface area contributed by atoms with Crippen LogP contribution in [0.15, 0.2) is 18.2 Å². The van der Waals surface area contributed by atoms with Crippen LogP contribution in [0.1, 0.15) is 31.2 Å². The van der Waals surface area contributed by atoms with E-state index in [1.165, 1.54) is 12.8 Å². The van der Waals surface area contributed by atoms with Crippen molar-refractivity contribution in [3.8, 4) is 0 Å². The van der Waals surface area contributed by atoms with Crippen molar-refractivity contribution in [3.05, 3.63) is 33.9 Å². The normalized spacial score (nSPS) is 19.1. The molecule has 5 nitrogen and oxygen atoms in total. The molecule has 0 saturated carbocycles. The lowest BCUT2D eigenvalue weighted by Crippen LogP contribution is -2.41. The zero-order chi connectivity index (χ0) is 14.5. The molecular weight excluding hydrogens is 254 g/mol. The average Bonchev–Trinajstić information content (AvgIpc) is 2.46. The van der Waals surface area contributed by atoms with Gasteiger partial charge in [0.05, 0.1) is 4.92 Å². The Morgan fingerprint density at radius 2 is 2.25 bits per heavy atom. The second kappa shape index (κ2) is 6.70. The molecule has 0 spiro atoms. The van der Waals surface area contributed by atoms with Gasteiger partial charge >= 0.3 is 0 Å². The molecule has 0 aromatic heterocycles. The molecule has 1 atom stereocenters. The highest BCUT2D eigenvalue weighted by Crippen LogP contribution is 2.31. The number of nitrogens with one attached hydrogen (secondary N) is 1. The van der Waals surface area contributed by atoms with E-state index in [4.69, 9.17) is 0 Å². The molecule has 1 aromatic carbocycles. The first-order valence-corrected chi connectivity index (χ1v) is 7.29. The van der Waals surface area contributed by atoms with Crippen LogP contribution in [-0.2, 0) is 0 Å². The smallest absolute Gasteiger partial charge is 0.271 e. The molecule has 5 heteroatoms. The van der Waals surface area contributed by atoms with Crippen LogP contribution >= 0.6 is 0 Å². The molecule has 0 bridgehead atoms. The second-order valence-corrected chi connectivity index (χ2v) is 5.46. The first-order chi connectivity index (χ1) is 9.63. The zero-order valence-electron chi connectivity index (χ0n) is 12.3. The minimum atomic E-state index is -0.310. The van der Waals surface area contributed by atoms with Gasteiger partial charge in [-0.1, -0.05) is 6.07 Å². The van der Waals surface area contributed by atoms with Crippen molar-refractivity contribution in [2.24, 2.45) is 0 Å². The first kappa shape index (κ1) is 14.8. The Labute approximate surface area is 120 Å². The summed E-state index contributed by atoms with van der Waals surface area (Å²) < 4.78 is 0. The summed E-state index contributed by atoms with van der Waals surface area (Å²) in [6, 6.07) is 5.66. The first-order valence-electron chi connectivity index (χ1n) is 7.29. The lowest BCUT2D eigenvalue weighted by atomic mass is 9.97. The third-order valence-corrected chi connectivity index (χ3v) is 4.07. The Bertz CT molecular complexity index is 476. The average molecular weight is 277 g/mol. The summed E-state index contributed by atoms with van der Waals surface area (Å²) in [5, 5.41) is 14.2. The van der Waals surface area contributed by atoms with Crippen LogP contribution in [0, 0.1) is 17.0 Å². The molecule has 1 fully saturated rings. The number of hydrogen-bond acceptors (Lipinski definition) is 4. The fraction of sp³-hybridized carbons (Fsp3) is 0.600. The number of nitrogens with zero attached hydrogens (tertiary/aromatic N) is 2.